The van der Waals surface area contributed by atoms with E-state index in [1.54, 1.807) is 0 Å². The van der Waals surface area contributed by atoms with Crippen molar-refractivity contribution in [1.82, 2.24) is 4.90 Å². The zero-order chi connectivity index (χ0) is 41.7. The highest BCUT2D eigenvalue weighted by Gasteiger charge is 2.40. The second-order valence-corrected chi connectivity index (χ2v) is 16.9. The van der Waals surface area contributed by atoms with Crippen LogP contribution in [0.4, 0.5) is 0 Å². The predicted octanol–water partition coefficient (Wildman–Crippen LogP) is 13.4. The van der Waals surface area contributed by atoms with Gasteiger partial charge in [0.05, 0.1) is 25.9 Å². The fourth-order valence-corrected chi connectivity index (χ4v) is 7.87. The van der Waals surface area contributed by atoms with E-state index in [0.717, 1.165) is 96.7 Å². The Morgan fingerprint density at radius 3 is 1.74 bits per heavy atom. The molecule has 0 radical (unpaired) electrons. The summed E-state index contributed by atoms with van der Waals surface area (Å²) in [5.41, 5.74) is 8.40. The third kappa shape index (κ3) is 29.7. The number of hydrogen-bond acceptors (Lipinski definition) is 7. The van der Waals surface area contributed by atoms with Crippen LogP contribution >= 0.6 is 0 Å². The smallest absolute Gasteiger partial charge is 0.305 e. The summed E-state index contributed by atoms with van der Waals surface area (Å²) in [6.07, 6.45) is 32.6. The molecule has 0 bridgehead atoms. The Morgan fingerprint density at radius 1 is 0.702 bits per heavy atom. The highest BCUT2D eigenvalue weighted by atomic mass is 16.7. The van der Waals surface area contributed by atoms with Gasteiger partial charge in [-0.1, -0.05) is 155 Å². The van der Waals surface area contributed by atoms with Gasteiger partial charge in [-0.2, -0.15) is 0 Å². The molecule has 7 nitrogen and oxygen atoms in total. The molecule has 330 valence electrons. The van der Waals surface area contributed by atoms with Crippen molar-refractivity contribution in [2.24, 2.45) is 11.8 Å². The van der Waals surface area contributed by atoms with Gasteiger partial charge in [-0.05, 0) is 88.3 Å². The summed E-state index contributed by atoms with van der Waals surface area (Å²) >= 11 is 0. The van der Waals surface area contributed by atoms with Crippen LogP contribution in [0.5, 0.6) is 0 Å². The van der Waals surface area contributed by atoms with Crippen LogP contribution < -0.4 is 0 Å². The number of nitrogens with zero attached hydrogens (tertiary/aromatic N) is 1. The Balaban J connectivity index is 2.26. The molecule has 0 aromatic heterocycles. The van der Waals surface area contributed by atoms with Gasteiger partial charge >= 0.3 is 11.9 Å². The normalized spacial score (nSPS) is 17.5. The van der Waals surface area contributed by atoms with Crippen LogP contribution in [0.25, 0.3) is 0 Å². The van der Waals surface area contributed by atoms with Crippen LogP contribution in [0.2, 0.25) is 0 Å². The molecule has 1 saturated heterocycles. The first-order chi connectivity index (χ1) is 27.8. The summed E-state index contributed by atoms with van der Waals surface area (Å²) in [6.45, 7) is 19.4. The Kier molecular flexibility index (Phi) is 34.3. The van der Waals surface area contributed by atoms with E-state index in [0.29, 0.717) is 44.5 Å². The van der Waals surface area contributed by atoms with Crippen LogP contribution in [0.3, 0.4) is 0 Å². The Bertz CT molecular complexity index is 1100. The third-order valence-electron chi connectivity index (χ3n) is 11.7. The first-order valence-electron chi connectivity index (χ1n) is 24.0. The molecule has 1 aliphatic heterocycles. The van der Waals surface area contributed by atoms with Crippen molar-refractivity contribution >= 4 is 11.9 Å². The van der Waals surface area contributed by atoms with Gasteiger partial charge < -0.3 is 23.8 Å². The molecule has 0 N–H and O–H groups in total. The summed E-state index contributed by atoms with van der Waals surface area (Å²) in [5.74, 6) is 0.458. The number of allylic oxidation sites excluding steroid dienone is 1. The Labute approximate surface area is 351 Å². The number of esters is 2. The van der Waals surface area contributed by atoms with E-state index in [2.05, 4.69) is 63.3 Å². The Hall–Kier alpha value is -2.10. The molecule has 1 rings (SSSR count). The van der Waals surface area contributed by atoms with E-state index in [9.17, 15) is 9.59 Å². The van der Waals surface area contributed by atoms with Crippen molar-refractivity contribution < 1.29 is 28.5 Å². The van der Waals surface area contributed by atoms with Crippen LogP contribution in [-0.2, 0) is 28.5 Å². The predicted molar refractivity (Wildman–Crippen MR) is 237 cm³/mol. The van der Waals surface area contributed by atoms with Crippen LogP contribution in [0.1, 0.15) is 214 Å². The van der Waals surface area contributed by atoms with E-state index in [1.807, 2.05) is 6.08 Å². The van der Waals surface area contributed by atoms with Gasteiger partial charge in [0.25, 0.3) is 0 Å². The van der Waals surface area contributed by atoms with Gasteiger partial charge in [0.1, 0.15) is 0 Å². The quantitative estimate of drug-likeness (QED) is 0.0348. The second-order valence-electron chi connectivity index (χ2n) is 16.9. The second kappa shape index (κ2) is 36.9. The molecule has 7 heteroatoms. The minimum Gasteiger partial charge on any atom is -0.466 e. The SMILES string of the molecule is C=C=C=C=CC(CCCCC)CCOC(=O)CCCCCCCCCC1(CCCCCCCCCC(=O)OCCC(C)CCCCC)OCC(CN(CC)CC)O1. The third-order valence-corrected chi connectivity index (χ3v) is 11.7. The standard InChI is InChI=1S/C50H89NO6/c1-7-12-25-32-45(6)37-41-54-48(52)35-28-21-17-15-19-23-30-39-50(56-44-47(57-50)43-51(10-4)11-5)40-31-24-20-16-18-22-29-36-49(53)55-42-38-46(33-26-13-8-2)34-27-14-9-3/h33,45-47H,2,7,9-12,14-25,27-32,34-44H2,1,3-6H3. The molecular formula is C50H89NO6. The van der Waals surface area contributed by atoms with Gasteiger partial charge in [-0.15, -0.1) is 0 Å². The number of hydrogen-bond donors (Lipinski definition) is 0. The number of ether oxygens (including phenoxy) is 4. The molecule has 57 heavy (non-hydrogen) atoms. The lowest BCUT2D eigenvalue weighted by Gasteiger charge is -2.29. The summed E-state index contributed by atoms with van der Waals surface area (Å²) in [7, 11) is 0. The number of unbranched alkanes of at least 4 members (excludes halogenated alkanes) is 16. The molecule has 1 heterocycles. The molecule has 1 aliphatic rings. The minimum absolute atomic E-state index is 0.0237. The molecular weight excluding hydrogens is 711 g/mol. The van der Waals surface area contributed by atoms with Crippen molar-refractivity contribution in [1.29, 1.82) is 0 Å². The van der Waals surface area contributed by atoms with Gasteiger partial charge in [0.2, 0.25) is 0 Å². The molecule has 0 amide bonds. The zero-order valence-corrected chi connectivity index (χ0v) is 38.0. The van der Waals surface area contributed by atoms with E-state index >= 15 is 0 Å². The molecule has 1 fully saturated rings. The zero-order valence-electron chi connectivity index (χ0n) is 38.0. The molecule has 0 aromatic rings. The van der Waals surface area contributed by atoms with Gasteiger partial charge in [-0.3, -0.25) is 9.59 Å². The van der Waals surface area contributed by atoms with E-state index < -0.39 is 5.79 Å². The molecule has 4 unspecified atom stereocenters. The summed E-state index contributed by atoms with van der Waals surface area (Å²) < 4.78 is 24.3. The molecule has 0 spiro atoms. The van der Waals surface area contributed by atoms with E-state index in [4.69, 9.17) is 18.9 Å². The average Bonchev–Trinajstić information content (AvgIpc) is 3.60. The number of carbonyl (C=O) groups excluding carboxylic acids is 2. The van der Waals surface area contributed by atoms with Crippen molar-refractivity contribution in [2.45, 2.75) is 226 Å². The first kappa shape index (κ1) is 52.9. The van der Waals surface area contributed by atoms with Gasteiger partial charge in [0.15, 0.2) is 5.79 Å². The highest BCUT2D eigenvalue weighted by molar-refractivity contribution is 5.69. The summed E-state index contributed by atoms with van der Waals surface area (Å²) in [6, 6.07) is 0. The maximum Gasteiger partial charge on any atom is 0.305 e. The fourth-order valence-electron chi connectivity index (χ4n) is 7.87. The molecule has 4 atom stereocenters. The molecule has 0 aromatic carbocycles. The summed E-state index contributed by atoms with van der Waals surface area (Å²) in [5, 5.41) is 0. The van der Waals surface area contributed by atoms with Gasteiger partial charge in [0, 0.05) is 32.2 Å². The van der Waals surface area contributed by atoms with Crippen molar-refractivity contribution in [3.8, 4) is 0 Å². The van der Waals surface area contributed by atoms with E-state index in [-0.39, 0.29) is 18.0 Å². The lowest BCUT2D eigenvalue weighted by atomic mass is 9.98. The molecule has 0 aliphatic carbocycles. The lowest BCUT2D eigenvalue weighted by Crippen LogP contribution is -2.36. The number of rotatable bonds is 39. The minimum atomic E-state index is -0.434. The topological polar surface area (TPSA) is 74.3 Å². The van der Waals surface area contributed by atoms with Crippen LogP contribution in [-0.4, -0.2) is 68.2 Å². The fraction of sp³-hybridized carbons (Fsp3) is 0.860. The number of carbonyl (C=O) groups is 2. The van der Waals surface area contributed by atoms with E-state index in [1.165, 1.54) is 89.9 Å². The average molecular weight is 800 g/mol. The maximum absolute atomic E-state index is 12.3. The van der Waals surface area contributed by atoms with Crippen LogP contribution in [0.15, 0.2) is 29.8 Å². The Morgan fingerprint density at radius 2 is 1.21 bits per heavy atom. The largest absolute Gasteiger partial charge is 0.466 e. The van der Waals surface area contributed by atoms with Crippen molar-refractivity contribution in [3.63, 3.8) is 0 Å². The van der Waals surface area contributed by atoms with Crippen molar-refractivity contribution in [2.75, 3.05) is 39.5 Å². The summed E-state index contributed by atoms with van der Waals surface area (Å²) in [4.78, 5) is 26.9. The van der Waals surface area contributed by atoms with Gasteiger partial charge in [-0.25, -0.2) is 0 Å². The highest BCUT2D eigenvalue weighted by Crippen LogP contribution is 2.35. The van der Waals surface area contributed by atoms with Crippen LogP contribution in [0, 0.1) is 11.8 Å². The molecule has 0 saturated carbocycles. The maximum atomic E-state index is 12.3. The monoisotopic (exact) mass is 800 g/mol. The lowest BCUT2D eigenvalue weighted by molar-refractivity contribution is -0.180. The first-order valence-corrected chi connectivity index (χ1v) is 24.0. The van der Waals surface area contributed by atoms with Crippen molar-refractivity contribution in [3.05, 3.63) is 29.8 Å². The number of likely N-dealkylation sites (N-methyl/N-ethyl adjacent to an activating group) is 1.